The summed E-state index contributed by atoms with van der Waals surface area (Å²) >= 11 is 3.39. The van der Waals surface area contributed by atoms with E-state index in [1.807, 2.05) is 37.8 Å². The highest BCUT2D eigenvalue weighted by atomic mass is 79.9. The van der Waals surface area contributed by atoms with Crippen LogP contribution in [0.3, 0.4) is 0 Å². The highest BCUT2D eigenvalue weighted by Gasteiger charge is 2.29. The molecule has 4 nitrogen and oxygen atoms in total. The van der Waals surface area contributed by atoms with Gasteiger partial charge in [-0.1, -0.05) is 15.9 Å². The topological polar surface area (TPSA) is 55.6 Å². The molecule has 2 N–H and O–H groups in total. The lowest BCUT2D eigenvalue weighted by Crippen LogP contribution is -2.50. The van der Waals surface area contributed by atoms with Gasteiger partial charge in [0.2, 0.25) is 0 Å². The fraction of sp³-hybridized carbons (Fsp3) is 0.500. The van der Waals surface area contributed by atoms with Crippen LogP contribution in [0, 0.1) is 6.92 Å². The summed E-state index contributed by atoms with van der Waals surface area (Å²) in [6.45, 7) is 7.06. The Balaban J connectivity index is 2.33. The van der Waals surface area contributed by atoms with E-state index in [9.17, 15) is 4.79 Å². The third-order valence-corrected chi connectivity index (χ3v) is 3.97. The molecule has 1 fully saturated rings. The lowest BCUT2D eigenvalue weighted by Gasteiger charge is -2.37. The Morgan fingerprint density at radius 2 is 2.16 bits per heavy atom. The van der Waals surface area contributed by atoms with Crippen molar-refractivity contribution in [1.82, 2.24) is 4.90 Å². The van der Waals surface area contributed by atoms with Gasteiger partial charge in [0.15, 0.2) is 0 Å². The Labute approximate surface area is 122 Å². The maximum atomic E-state index is 12.7. The number of rotatable bonds is 1. The molecular weight excluding hydrogens is 308 g/mol. The Hall–Kier alpha value is -1.07. The van der Waals surface area contributed by atoms with Crippen LogP contribution in [0.25, 0.3) is 0 Å². The first-order chi connectivity index (χ1) is 8.90. The molecule has 1 saturated heterocycles. The van der Waals surface area contributed by atoms with Gasteiger partial charge < -0.3 is 15.4 Å². The summed E-state index contributed by atoms with van der Waals surface area (Å²) in [6.07, 6.45) is 0.0740. The van der Waals surface area contributed by atoms with Gasteiger partial charge in [-0.3, -0.25) is 4.79 Å². The van der Waals surface area contributed by atoms with Crippen molar-refractivity contribution in [1.29, 1.82) is 0 Å². The molecule has 2 atom stereocenters. The normalized spacial score (nSPS) is 23.5. The van der Waals surface area contributed by atoms with Crippen LogP contribution in [0.15, 0.2) is 16.6 Å². The first-order valence-electron chi connectivity index (χ1n) is 6.38. The van der Waals surface area contributed by atoms with Crippen molar-refractivity contribution in [3.05, 3.63) is 27.7 Å². The highest BCUT2D eigenvalue weighted by Crippen LogP contribution is 2.25. The van der Waals surface area contributed by atoms with E-state index >= 15 is 0 Å². The minimum absolute atomic E-state index is 0.0214. The van der Waals surface area contributed by atoms with E-state index in [0.29, 0.717) is 24.4 Å². The zero-order valence-corrected chi connectivity index (χ0v) is 13.0. The summed E-state index contributed by atoms with van der Waals surface area (Å²) < 4.78 is 6.38. The molecule has 1 heterocycles. The number of halogens is 1. The number of ether oxygens (including phenoxy) is 1. The number of anilines is 1. The zero-order valence-electron chi connectivity index (χ0n) is 11.4. The van der Waals surface area contributed by atoms with Crippen molar-refractivity contribution in [2.75, 3.05) is 18.9 Å². The first-order valence-corrected chi connectivity index (χ1v) is 7.17. The summed E-state index contributed by atoms with van der Waals surface area (Å²) in [7, 11) is 0. The third kappa shape index (κ3) is 2.92. The molecule has 2 unspecified atom stereocenters. The number of nitrogens with zero attached hydrogens (tertiary/aromatic N) is 1. The fourth-order valence-electron chi connectivity index (χ4n) is 2.26. The van der Waals surface area contributed by atoms with Gasteiger partial charge in [-0.05, 0) is 38.5 Å². The summed E-state index contributed by atoms with van der Waals surface area (Å²) in [4.78, 5) is 14.5. The number of amides is 1. The maximum Gasteiger partial charge on any atom is 0.254 e. The SMILES string of the molecule is Cc1c(N)cc(Br)cc1C(=O)N1CC(C)OCC1C. The number of hydrogen-bond acceptors (Lipinski definition) is 3. The molecule has 1 aliphatic rings. The largest absolute Gasteiger partial charge is 0.398 e. The monoisotopic (exact) mass is 326 g/mol. The summed E-state index contributed by atoms with van der Waals surface area (Å²) in [6, 6.07) is 3.74. The highest BCUT2D eigenvalue weighted by molar-refractivity contribution is 9.10. The molecule has 2 rings (SSSR count). The maximum absolute atomic E-state index is 12.7. The predicted octanol–water partition coefficient (Wildman–Crippen LogP) is 2.59. The van der Waals surface area contributed by atoms with Crippen LogP contribution in [0.1, 0.15) is 29.8 Å². The van der Waals surface area contributed by atoms with Crippen LogP contribution in [0.2, 0.25) is 0 Å². The van der Waals surface area contributed by atoms with Crippen molar-refractivity contribution in [2.24, 2.45) is 0 Å². The summed E-state index contributed by atoms with van der Waals surface area (Å²) in [5, 5.41) is 0. The molecule has 104 valence electrons. The molecule has 5 heteroatoms. The second-order valence-electron chi connectivity index (χ2n) is 5.12. The van der Waals surface area contributed by atoms with Gasteiger partial charge >= 0.3 is 0 Å². The molecule has 0 saturated carbocycles. The number of carbonyl (C=O) groups is 1. The second kappa shape index (κ2) is 5.51. The van der Waals surface area contributed by atoms with Gasteiger partial charge in [-0.15, -0.1) is 0 Å². The van der Waals surface area contributed by atoms with E-state index in [1.165, 1.54) is 0 Å². The second-order valence-corrected chi connectivity index (χ2v) is 6.03. The number of benzene rings is 1. The Morgan fingerprint density at radius 1 is 1.47 bits per heavy atom. The molecule has 0 radical (unpaired) electrons. The van der Waals surface area contributed by atoms with Gasteiger partial charge in [0.1, 0.15) is 0 Å². The number of nitrogen functional groups attached to an aromatic ring is 1. The molecule has 0 aliphatic carbocycles. The van der Waals surface area contributed by atoms with E-state index in [4.69, 9.17) is 10.5 Å². The average molecular weight is 327 g/mol. The van der Waals surface area contributed by atoms with Crippen molar-refractivity contribution in [3.8, 4) is 0 Å². The third-order valence-electron chi connectivity index (χ3n) is 3.51. The molecule has 0 spiro atoms. The van der Waals surface area contributed by atoms with Gasteiger partial charge in [-0.25, -0.2) is 0 Å². The molecule has 1 aromatic carbocycles. The van der Waals surface area contributed by atoms with E-state index in [-0.39, 0.29) is 18.1 Å². The van der Waals surface area contributed by atoms with Crippen molar-refractivity contribution >= 4 is 27.5 Å². The molecule has 19 heavy (non-hydrogen) atoms. The zero-order chi connectivity index (χ0) is 14.2. The molecular formula is C14H19BrN2O2. The fourth-order valence-corrected chi connectivity index (χ4v) is 2.74. The van der Waals surface area contributed by atoms with E-state index in [1.54, 1.807) is 0 Å². The van der Waals surface area contributed by atoms with Crippen molar-refractivity contribution in [3.63, 3.8) is 0 Å². The Morgan fingerprint density at radius 3 is 2.84 bits per heavy atom. The molecule has 1 aromatic rings. The van der Waals surface area contributed by atoms with Gasteiger partial charge in [0.25, 0.3) is 5.91 Å². The Bertz CT molecular complexity index is 504. The number of morpholine rings is 1. The standard InChI is InChI=1S/C14H19BrN2O2/c1-8-7-19-9(2)6-17(8)14(18)12-4-11(15)5-13(16)10(12)3/h4-5,8-9H,6-7,16H2,1-3H3. The molecule has 0 bridgehead atoms. The van der Waals surface area contributed by atoms with Crippen LogP contribution in [-0.2, 0) is 4.74 Å². The molecule has 1 amide bonds. The van der Waals surface area contributed by atoms with Gasteiger partial charge in [0, 0.05) is 22.3 Å². The number of carbonyl (C=O) groups excluding carboxylic acids is 1. The molecule has 0 aromatic heterocycles. The minimum Gasteiger partial charge on any atom is -0.398 e. The number of hydrogen-bond donors (Lipinski definition) is 1. The smallest absolute Gasteiger partial charge is 0.254 e. The first kappa shape index (κ1) is 14.3. The lowest BCUT2D eigenvalue weighted by atomic mass is 10.0. The quantitative estimate of drug-likeness (QED) is 0.807. The van der Waals surface area contributed by atoms with Crippen LogP contribution in [-0.4, -0.2) is 36.1 Å². The van der Waals surface area contributed by atoms with Crippen molar-refractivity contribution in [2.45, 2.75) is 32.9 Å². The van der Waals surface area contributed by atoms with Crippen LogP contribution in [0.4, 0.5) is 5.69 Å². The van der Waals surface area contributed by atoms with Gasteiger partial charge in [-0.2, -0.15) is 0 Å². The van der Waals surface area contributed by atoms with Crippen LogP contribution >= 0.6 is 15.9 Å². The van der Waals surface area contributed by atoms with Crippen molar-refractivity contribution < 1.29 is 9.53 Å². The van der Waals surface area contributed by atoms with Crippen LogP contribution in [0.5, 0.6) is 0 Å². The Kier molecular flexibility index (Phi) is 4.16. The number of nitrogens with two attached hydrogens (primary N) is 1. The predicted molar refractivity (Wildman–Crippen MR) is 79.2 cm³/mol. The van der Waals surface area contributed by atoms with Crippen LogP contribution < -0.4 is 5.73 Å². The van der Waals surface area contributed by atoms with E-state index < -0.39 is 0 Å². The van der Waals surface area contributed by atoms with Gasteiger partial charge in [0.05, 0.1) is 18.8 Å². The average Bonchev–Trinajstić information content (AvgIpc) is 2.36. The summed E-state index contributed by atoms with van der Waals surface area (Å²) in [5.74, 6) is 0.0214. The minimum atomic E-state index is 0.0214. The summed E-state index contributed by atoms with van der Waals surface area (Å²) in [5.41, 5.74) is 8.05. The van der Waals surface area contributed by atoms with E-state index in [2.05, 4.69) is 15.9 Å². The van der Waals surface area contributed by atoms with E-state index in [0.717, 1.165) is 10.0 Å². The lowest BCUT2D eigenvalue weighted by molar-refractivity contribution is -0.0387. The molecule has 1 aliphatic heterocycles.